The summed E-state index contributed by atoms with van der Waals surface area (Å²) < 4.78 is 6.38. The lowest BCUT2D eigenvalue weighted by Crippen LogP contribution is -2.48. The van der Waals surface area contributed by atoms with Gasteiger partial charge in [0.05, 0.1) is 13.2 Å². The molecule has 1 aromatic carbocycles. The van der Waals surface area contributed by atoms with Crippen LogP contribution >= 0.6 is 11.3 Å². The van der Waals surface area contributed by atoms with Crippen molar-refractivity contribution in [2.45, 2.75) is 12.8 Å². The number of thiophene rings is 1. The molecule has 0 spiro atoms. The molecule has 0 radical (unpaired) electrons. The van der Waals surface area contributed by atoms with E-state index >= 15 is 0 Å². The fourth-order valence-electron chi connectivity index (χ4n) is 2.63. The van der Waals surface area contributed by atoms with Crippen molar-refractivity contribution in [1.82, 2.24) is 0 Å². The van der Waals surface area contributed by atoms with Gasteiger partial charge in [0.2, 0.25) is 0 Å². The van der Waals surface area contributed by atoms with Crippen LogP contribution in [0, 0.1) is 5.41 Å². The first-order valence-electron chi connectivity index (χ1n) is 6.43. The Bertz CT molecular complexity index is 675. The van der Waals surface area contributed by atoms with Crippen LogP contribution in [0.5, 0.6) is 0 Å². The molecule has 1 unspecified atom stereocenters. The van der Waals surface area contributed by atoms with Crippen LogP contribution in [-0.4, -0.2) is 30.1 Å². The monoisotopic (exact) mass is 290 g/mol. The summed E-state index contributed by atoms with van der Waals surface area (Å²) in [5.41, 5.74) is -0.519. The number of benzene rings is 1. The first-order valence-corrected chi connectivity index (χ1v) is 7.31. The van der Waals surface area contributed by atoms with E-state index < -0.39 is 11.4 Å². The maximum Gasteiger partial charge on any atom is 0.319 e. The summed E-state index contributed by atoms with van der Waals surface area (Å²) in [4.78, 5) is 23.8. The van der Waals surface area contributed by atoms with Crippen molar-refractivity contribution >= 4 is 33.2 Å². The van der Waals surface area contributed by atoms with Crippen LogP contribution in [0.1, 0.15) is 12.0 Å². The lowest BCUT2D eigenvalue weighted by molar-refractivity contribution is -0.164. The summed E-state index contributed by atoms with van der Waals surface area (Å²) in [5.74, 6) is -1.32. The second-order valence-corrected chi connectivity index (χ2v) is 5.96. The average molecular weight is 290 g/mol. The van der Waals surface area contributed by atoms with Gasteiger partial charge < -0.3 is 9.84 Å². The number of fused-ring (bicyclic) bond motifs is 1. The third kappa shape index (κ3) is 2.03. The standard InChI is InChI=1S/C15H14O4S/c16-13-5-6-19-9-15(13,14(17)18)7-10-8-20-12-4-2-1-3-11(10)12/h1-4,8H,5-7,9H2,(H,17,18). The van der Waals surface area contributed by atoms with Gasteiger partial charge in [-0.3, -0.25) is 9.59 Å². The molecule has 0 bridgehead atoms. The van der Waals surface area contributed by atoms with Gasteiger partial charge in [0.15, 0.2) is 11.2 Å². The zero-order valence-electron chi connectivity index (χ0n) is 10.8. The molecule has 104 valence electrons. The quantitative estimate of drug-likeness (QED) is 0.882. The first-order chi connectivity index (χ1) is 9.63. The number of ether oxygens (including phenoxy) is 1. The summed E-state index contributed by atoms with van der Waals surface area (Å²) in [6, 6.07) is 7.83. The predicted molar refractivity (Wildman–Crippen MR) is 76.0 cm³/mol. The molecular weight excluding hydrogens is 276 g/mol. The van der Waals surface area contributed by atoms with Crippen LogP contribution in [0.3, 0.4) is 0 Å². The van der Waals surface area contributed by atoms with Gasteiger partial charge in [-0.2, -0.15) is 0 Å². The number of carbonyl (C=O) groups is 2. The SMILES string of the molecule is O=C(O)C1(Cc2csc3ccccc23)COCCC1=O. The van der Waals surface area contributed by atoms with Gasteiger partial charge >= 0.3 is 5.97 Å². The van der Waals surface area contributed by atoms with Crippen molar-refractivity contribution in [3.8, 4) is 0 Å². The van der Waals surface area contributed by atoms with Crippen LogP contribution in [0.4, 0.5) is 0 Å². The molecule has 5 heteroatoms. The zero-order chi connectivity index (χ0) is 14.2. The smallest absolute Gasteiger partial charge is 0.319 e. The van der Waals surface area contributed by atoms with Gasteiger partial charge in [0.25, 0.3) is 0 Å². The summed E-state index contributed by atoms with van der Waals surface area (Å²) in [6.07, 6.45) is 0.375. The Balaban J connectivity index is 2.02. The first kappa shape index (κ1) is 13.3. The van der Waals surface area contributed by atoms with Crippen molar-refractivity contribution in [3.63, 3.8) is 0 Å². The Morgan fingerprint density at radius 2 is 2.20 bits per heavy atom. The number of hydrogen-bond donors (Lipinski definition) is 1. The Morgan fingerprint density at radius 1 is 1.40 bits per heavy atom. The molecule has 0 amide bonds. The molecule has 1 atom stereocenters. The second kappa shape index (κ2) is 5.00. The summed E-state index contributed by atoms with van der Waals surface area (Å²) in [6.45, 7) is 0.281. The van der Waals surface area contributed by atoms with Crippen LogP contribution in [0.2, 0.25) is 0 Å². The molecule has 1 N–H and O–H groups in total. The van der Waals surface area contributed by atoms with Crippen LogP contribution in [-0.2, 0) is 20.7 Å². The molecule has 0 aliphatic carbocycles. The minimum atomic E-state index is -1.43. The minimum Gasteiger partial charge on any atom is -0.480 e. The van der Waals surface area contributed by atoms with E-state index in [1.54, 1.807) is 11.3 Å². The van der Waals surface area contributed by atoms with Gasteiger partial charge in [-0.1, -0.05) is 18.2 Å². The minimum absolute atomic E-state index is 0.0364. The van der Waals surface area contributed by atoms with E-state index in [0.717, 1.165) is 15.6 Å². The van der Waals surface area contributed by atoms with Gasteiger partial charge in [-0.05, 0) is 28.8 Å². The number of carboxylic acid groups (broad SMARTS) is 1. The van der Waals surface area contributed by atoms with Gasteiger partial charge in [-0.25, -0.2) is 0 Å². The molecule has 1 saturated heterocycles. The molecule has 20 heavy (non-hydrogen) atoms. The van der Waals surface area contributed by atoms with E-state index in [4.69, 9.17) is 4.74 Å². The van der Waals surface area contributed by atoms with Crippen molar-refractivity contribution < 1.29 is 19.4 Å². The van der Waals surface area contributed by atoms with E-state index in [0.29, 0.717) is 6.61 Å². The number of carbonyl (C=O) groups excluding carboxylic acids is 1. The number of hydrogen-bond acceptors (Lipinski definition) is 4. The maximum atomic E-state index is 12.2. The van der Waals surface area contributed by atoms with Crippen LogP contribution < -0.4 is 0 Å². The third-order valence-corrected chi connectivity index (χ3v) is 4.83. The highest BCUT2D eigenvalue weighted by Gasteiger charge is 2.48. The number of carboxylic acids is 1. The van der Waals surface area contributed by atoms with Crippen molar-refractivity contribution in [2.24, 2.45) is 5.41 Å². The zero-order valence-corrected chi connectivity index (χ0v) is 11.6. The Labute approximate surface area is 120 Å². The number of rotatable bonds is 3. The molecule has 2 aromatic rings. The fourth-order valence-corrected chi connectivity index (χ4v) is 3.59. The highest BCUT2D eigenvalue weighted by molar-refractivity contribution is 7.17. The lowest BCUT2D eigenvalue weighted by Gasteiger charge is -2.31. The molecule has 1 aliphatic heterocycles. The molecule has 1 aliphatic rings. The molecule has 4 nitrogen and oxygen atoms in total. The third-order valence-electron chi connectivity index (χ3n) is 3.82. The normalized spacial score (nSPS) is 23.1. The van der Waals surface area contributed by atoms with Gasteiger partial charge in [-0.15, -0.1) is 11.3 Å². The summed E-state index contributed by atoms with van der Waals surface area (Å²) >= 11 is 1.57. The van der Waals surface area contributed by atoms with E-state index in [9.17, 15) is 14.7 Å². The summed E-state index contributed by atoms with van der Waals surface area (Å²) in [7, 11) is 0. The van der Waals surface area contributed by atoms with E-state index in [-0.39, 0.29) is 25.2 Å². The topological polar surface area (TPSA) is 63.6 Å². The fraction of sp³-hybridized carbons (Fsp3) is 0.333. The average Bonchev–Trinajstić information content (AvgIpc) is 2.84. The van der Waals surface area contributed by atoms with Crippen molar-refractivity contribution in [1.29, 1.82) is 0 Å². The van der Waals surface area contributed by atoms with Crippen molar-refractivity contribution in [3.05, 3.63) is 35.2 Å². The number of ketones is 1. The predicted octanol–water partition coefficient (Wildman–Crippen LogP) is 2.50. The summed E-state index contributed by atoms with van der Waals surface area (Å²) in [5, 5.41) is 12.5. The number of aliphatic carboxylic acids is 1. The van der Waals surface area contributed by atoms with E-state index in [1.165, 1.54) is 0 Å². The van der Waals surface area contributed by atoms with Crippen LogP contribution in [0.25, 0.3) is 10.1 Å². The Kier molecular flexibility index (Phi) is 3.31. The Hall–Kier alpha value is -1.72. The Morgan fingerprint density at radius 3 is 2.95 bits per heavy atom. The molecule has 2 heterocycles. The highest BCUT2D eigenvalue weighted by Crippen LogP contribution is 2.35. The second-order valence-electron chi connectivity index (χ2n) is 5.05. The number of Topliss-reactive ketones (excluding diaryl/α,β-unsaturated/α-hetero) is 1. The molecule has 3 rings (SSSR count). The lowest BCUT2D eigenvalue weighted by atomic mass is 9.76. The van der Waals surface area contributed by atoms with E-state index in [2.05, 4.69) is 0 Å². The molecule has 1 aromatic heterocycles. The molecular formula is C15H14O4S. The van der Waals surface area contributed by atoms with E-state index in [1.807, 2.05) is 29.6 Å². The molecule has 0 saturated carbocycles. The highest BCUT2D eigenvalue weighted by atomic mass is 32.1. The van der Waals surface area contributed by atoms with Gasteiger partial charge in [0.1, 0.15) is 0 Å². The van der Waals surface area contributed by atoms with Crippen molar-refractivity contribution in [2.75, 3.05) is 13.2 Å². The maximum absolute atomic E-state index is 12.2. The van der Waals surface area contributed by atoms with Gasteiger partial charge in [0, 0.05) is 11.1 Å². The largest absolute Gasteiger partial charge is 0.480 e. The van der Waals surface area contributed by atoms with Crippen LogP contribution in [0.15, 0.2) is 29.6 Å². The molecule has 1 fully saturated rings.